The Morgan fingerprint density at radius 3 is 2.67 bits per heavy atom. The first-order valence-electron chi connectivity index (χ1n) is 4.64. The highest BCUT2D eigenvalue weighted by Crippen LogP contribution is 2.31. The molecule has 4 heteroatoms. The highest BCUT2D eigenvalue weighted by atomic mass is 16.5. The van der Waals surface area contributed by atoms with Gasteiger partial charge in [0.15, 0.2) is 11.5 Å². The third kappa shape index (κ3) is 2.40. The molecule has 0 amide bonds. The first kappa shape index (κ1) is 11.4. The van der Waals surface area contributed by atoms with Crippen molar-refractivity contribution in [2.24, 2.45) is 0 Å². The number of hydrogen-bond acceptors (Lipinski definition) is 4. The smallest absolute Gasteiger partial charge is 0.342 e. The SMILES string of the molecule is CCOC(=O)c1cc(C)cc(OC)c1O. The van der Waals surface area contributed by atoms with Gasteiger partial charge in [0.2, 0.25) is 0 Å². The Kier molecular flexibility index (Phi) is 3.55. The summed E-state index contributed by atoms with van der Waals surface area (Å²) in [5, 5.41) is 9.68. The minimum absolute atomic E-state index is 0.133. The second-order valence-electron chi connectivity index (χ2n) is 3.08. The molecule has 0 saturated carbocycles. The number of rotatable bonds is 3. The molecule has 1 aromatic carbocycles. The molecule has 0 unspecified atom stereocenters. The molecule has 0 heterocycles. The summed E-state index contributed by atoms with van der Waals surface area (Å²) in [6.07, 6.45) is 0. The van der Waals surface area contributed by atoms with Gasteiger partial charge in [0, 0.05) is 0 Å². The summed E-state index contributed by atoms with van der Waals surface area (Å²) < 4.78 is 9.75. The Balaban J connectivity index is 3.17. The highest BCUT2D eigenvalue weighted by Gasteiger charge is 2.16. The van der Waals surface area contributed by atoms with Crippen molar-refractivity contribution in [1.29, 1.82) is 0 Å². The summed E-state index contributed by atoms with van der Waals surface area (Å²) in [5.74, 6) is -0.448. The summed E-state index contributed by atoms with van der Waals surface area (Å²) in [7, 11) is 1.43. The molecule has 1 N–H and O–H groups in total. The molecule has 0 spiro atoms. The van der Waals surface area contributed by atoms with E-state index in [-0.39, 0.29) is 23.7 Å². The van der Waals surface area contributed by atoms with Gasteiger partial charge in [-0.15, -0.1) is 0 Å². The molecular formula is C11H14O4. The van der Waals surface area contributed by atoms with E-state index >= 15 is 0 Å². The van der Waals surface area contributed by atoms with Crippen LogP contribution in [0.3, 0.4) is 0 Å². The van der Waals surface area contributed by atoms with Gasteiger partial charge in [-0.3, -0.25) is 0 Å². The number of hydrogen-bond donors (Lipinski definition) is 1. The third-order valence-corrected chi connectivity index (χ3v) is 1.93. The van der Waals surface area contributed by atoms with E-state index < -0.39 is 5.97 Å². The van der Waals surface area contributed by atoms with Crippen LogP contribution in [0.15, 0.2) is 12.1 Å². The lowest BCUT2D eigenvalue weighted by Gasteiger charge is -2.09. The first-order chi connectivity index (χ1) is 7.10. The van der Waals surface area contributed by atoms with Gasteiger partial charge in [-0.1, -0.05) is 0 Å². The van der Waals surface area contributed by atoms with E-state index in [1.165, 1.54) is 7.11 Å². The number of aromatic hydroxyl groups is 1. The number of methoxy groups -OCH3 is 1. The molecule has 0 radical (unpaired) electrons. The minimum Gasteiger partial charge on any atom is -0.504 e. The molecule has 0 bridgehead atoms. The fraction of sp³-hybridized carbons (Fsp3) is 0.364. The lowest BCUT2D eigenvalue weighted by atomic mass is 10.1. The molecule has 1 aromatic rings. The van der Waals surface area contributed by atoms with E-state index in [1.54, 1.807) is 19.1 Å². The van der Waals surface area contributed by atoms with Gasteiger partial charge in [-0.05, 0) is 31.5 Å². The molecule has 0 saturated heterocycles. The van der Waals surface area contributed by atoms with Crippen LogP contribution >= 0.6 is 0 Å². The lowest BCUT2D eigenvalue weighted by molar-refractivity contribution is 0.0522. The Labute approximate surface area is 88.4 Å². The van der Waals surface area contributed by atoms with Crippen molar-refractivity contribution < 1.29 is 19.4 Å². The Morgan fingerprint density at radius 2 is 2.13 bits per heavy atom. The van der Waals surface area contributed by atoms with Crippen LogP contribution in [0.5, 0.6) is 11.5 Å². The van der Waals surface area contributed by atoms with Gasteiger partial charge in [0.1, 0.15) is 5.56 Å². The van der Waals surface area contributed by atoms with Crippen LogP contribution in [0.25, 0.3) is 0 Å². The van der Waals surface area contributed by atoms with Crippen LogP contribution < -0.4 is 4.74 Å². The number of esters is 1. The fourth-order valence-corrected chi connectivity index (χ4v) is 1.27. The maximum Gasteiger partial charge on any atom is 0.342 e. The summed E-state index contributed by atoms with van der Waals surface area (Å²) in [4.78, 5) is 11.4. The molecule has 1 rings (SSSR count). The summed E-state index contributed by atoms with van der Waals surface area (Å²) in [6, 6.07) is 3.22. The summed E-state index contributed by atoms with van der Waals surface area (Å²) in [6.45, 7) is 3.79. The normalized spacial score (nSPS) is 9.80. The predicted octanol–water partition coefficient (Wildman–Crippen LogP) is 1.89. The average Bonchev–Trinajstić information content (AvgIpc) is 2.21. The van der Waals surface area contributed by atoms with Crippen molar-refractivity contribution in [2.45, 2.75) is 13.8 Å². The Hall–Kier alpha value is -1.71. The minimum atomic E-state index is -0.544. The van der Waals surface area contributed by atoms with E-state index in [4.69, 9.17) is 9.47 Å². The van der Waals surface area contributed by atoms with Gasteiger partial charge in [0.25, 0.3) is 0 Å². The number of benzene rings is 1. The van der Waals surface area contributed by atoms with E-state index in [2.05, 4.69) is 0 Å². The summed E-state index contributed by atoms with van der Waals surface area (Å²) in [5.41, 5.74) is 0.960. The van der Waals surface area contributed by atoms with E-state index in [0.29, 0.717) is 0 Å². The standard InChI is InChI=1S/C11H14O4/c1-4-15-11(13)8-5-7(2)6-9(14-3)10(8)12/h5-6,12H,4H2,1-3H3. The largest absolute Gasteiger partial charge is 0.504 e. The molecule has 0 aliphatic rings. The van der Waals surface area contributed by atoms with Gasteiger partial charge in [-0.2, -0.15) is 0 Å². The number of phenolic OH excluding ortho intramolecular Hbond substituents is 1. The van der Waals surface area contributed by atoms with Crippen molar-refractivity contribution in [1.82, 2.24) is 0 Å². The molecule has 15 heavy (non-hydrogen) atoms. The number of aryl methyl sites for hydroxylation is 1. The maximum atomic E-state index is 11.4. The molecular weight excluding hydrogens is 196 g/mol. The second-order valence-corrected chi connectivity index (χ2v) is 3.08. The molecule has 4 nitrogen and oxygen atoms in total. The lowest BCUT2D eigenvalue weighted by Crippen LogP contribution is -2.06. The van der Waals surface area contributed by atoms with Crippen LogP contribution in [-0.2, 0) is 4.74 Å². The zero-order valence-corrected chi connectivity index (χ0v) is 9.03. The van der Waals surface area contributed by atoms with Crippen LogP contribution in [0.4, 0.5) is 0 Å². The monoisotopic (exact) mass is 210 g/mol. The van der Waals surface area contributed by atoms with Gasteiger partial charge < -0.3 is 14.6 Å². The van der Waals surface area contributed by atoms with Gasteiger partial charge in [0.05, 0.1) is 13.7 Å². The van der Waals surface area contributed by atoms with E-state index in [0.717, 1.165) is 5.56 Å². The summed E-state index contributed by atoms with van der Waals surface area (Å²) >= 11 is 0. The van der Waals surface area contributed by atoms with Crippen LogP contribution in [0.1, 0.15) is 22.8 Å². The second kappa shape index (κ2) is 4.68. The van der Waals surface area contributed by atoms with Crippen molar-refractivity contribution >= 4 is 5.97 Å². The quantitative estimate of drug-likeness (QED) is 0.774. The van der Waals surface area contributed by atoms with Crippen molar-refractivity contribution in [3.05, 3.63) is 23.3 Å². The Morgan fingerprint density at radius 1 is 1.47 bits per heavy atom. The molecule has 0 fully saturated rings. The molecule has 0 aliphatic carbocycles. The average molecular weight is 210 g/mol. The molecule has 0 aromatic heterocycles. The first-order valence-corrected chi connectivity index (χ1v) is 4.64. The fourth-order valence-electron chi connectivity index (χ4n) is 1.27. The van der Waals surface area contributed by atoms with Crippen LogP contribution in [0.2, 0.25) is 0 Å². The highest BCUT2D eigenvalue weighted by molar-refractivity contribution is 5.93. The molecule has 0 aliphatic heterocycles. The third-order valence-electron chi connectivity index (χ3n) is 1.93. The van der Waals surface area contributed by atoms with Crippen LogP contribution in [-0.4, -0.2) is 24.8 Å². The molecule has 82 valence electrons. The Bertz CT molecular complexity index is 371. The number of phenols is 1. The van der Waals surface area contributed by atoms with Crippen molar-refractivity contribution in [3.8, 4) is 11.5 Å². The van der Waals surface area contributed by atoms with E-state index in [1.807, 2.05) is 6.92 Å². The van der Waals surface area contributed by atoms with E-state index in [9.17, 15) is 9.90 Å². The van der Waals surface area contributed by atoms with Gasteiger partial charge >= 0.3 is 5.97 Å². The number of carbonyl (C=O) groups excluding carboxylic acids is 1. The number of carbonyl (C=O) groups is 1. The topological polar surface area (TPSA) is 55.8 Å². The number of ether oxygens (including phenoxy) is 2. The van der Waals surface area contributed by atoms with Gasteiger partial charge in [-0.25, -0.2) is 4.79 Å². The zero-order valence-electron chi connectivity index (χ0n) is 9.03. The molecule has 0 atom stereocenters. The van der Waals surface area contributed by atoms with Crippen molar-refractivity contribution in [2.75, 3.05) is 13.7 Å². The van der Waals surface area contributed by atoms with Crippen LogP contribution in [0, 0.1) is 6.92 Å². The predicted molar refractivity (Wildman–Crippen MR) is 55.4 cm³/mol. The van der Waals surface area contributed by atoms with Crippen molar-refractivity contribution in [3.63, 3.8) is 0 Å². The maximum absolute atomic E-state index is 11.4. The zero-order chi connectivity index (χ0) is 11.4.